The van der Waals surface area contributed by atoms with E-state index in [2.05, 4.69) is 33.8 Å². The molecule has 1 amide bonds. The van der Waals surface area contributed by atoms with Gasteiger partial charge in [0.25, 0.3) is 5.91 Å². The highest BCUT2D eigenvalue weighted by Crippen LogP contribution is 2.42. The molecular formula is C25H31NO3. The van der Waals surface area contributed by atoms with Crippen LogP contribution in [0.15, 0.2) is 42.5 Å². The Labute approximate surface area is 173 Å². The first kappa shape index (κ1) is 19.8. The van der Waals surface area contributed by atoms with Crippen molar-refractivity contribution in [3.63, 3.8) is 0 Å². The predicted molar refractivity (Wildman–Crippen MR) is 114 cm³/mol. The maximum Gasteiger partial charge on any atom is 0.253 e. The average molecular weight is 394 g/mol. The van der Waals surface area contributed by atoms with Crippen molar-refractivity contribution in [3.8, 4) is 11.5 Å². The fourth-order valence-electron chi connectivity index (χ4n) is 4.62. The second kappa shape index (κ2) is 7.74. The van der Waals surface area contributed by atoms with Gasteiger partial charge < -0.3 is 14.4 Å². The predicted octanol–water partition coefficient (Wildman–Crippen LogP) is 5.10. The number of carbonyl (C=O) groups is 1. The van der Waals surface area contributed by atoms with E-state index in [9.17, 15) is 4.79 Å². The van der Waals surface area contributed by atoms with Crippen LogP contribution in [-0.4, -0.2) is 29.5 Å². The molecule has 154 valence electrons. The molecule has 4 nitrogen and oxygen atoms in total. The molecule has 0 aliphatic carbocycles. The van der Waals surface area contributed by atoms with Crippen LogP contribution in [0.25, 0.3) is 0 Å². The molecule has 0 saturated carbocycles. The van der Waals surface area contributed by atoms with Crippen LogP contribution in [0.2, 0.25) is 0 Å². The summed E-state index contributed by atoms with van der Waals surface area (Å²) in [6.45, 7) is 10.8. The summed E-state index contributed by atoms with van der Waals surface area (Å²) in [5.41, 5.74) is 2.80. The molecule has 4 rings (SSSR count). The fourth-order valence-corrected chi connectivity index (χ4v) is 4.62. The number of carbonyl (C=O) groups excluding carboxylic acids is 1. The Kier molecular flexibility index (Phi) is 5.28. The van der Waals surface area contributed by atoms with Gasteiger partial charge in [-0.25, -0.2) is 0 Å². The van der Waals surface area contributed by atoms with E-state index in [-0.39, 0.29) is 11.5 Å². The summed E-state index contributed by atoms with van der Waals surface area (Å²) in [6.07, 6.45) is 2.09. The lowest BCUT2D eigenvalue weighted by molar-refractivity contribution is 0.0623. The minimum absolute atomic E-state index is 0.132. The van der Waals surface area contributed by atoms with E-state index in [1.807, 2.05) is 41.3 Å². The smallest absolute Gasteiger partial charge is 0.253 e. The number of amides is 1. The highest BCUT2D eigenvalue weighted by molar-refractivity contribution is 5.94. The Balaban J connectivity index is 1.40. The van der Waals surface area contributed by atoms with Gasteiger partial charge in [-0.1, -0.05) is 38.1 Å². The summed E-state index contributed by atoms with van der Waals surface area (Å²) in [5.74, 6) is 2.90. The molecule has 1 saturated heterocycles. The summed E-state index contributed by atoms with van der Waals surface area (Å²) in [5, 5.41) is 0. The number of fused-ring (bicyclic) bond motifs is 1. The summed E-state index contributed by atoms with van der Waals surface area (Å²) in [4.78, 5) is 14.8. The van der Waals surface area contributed by atoms with E-state index in [1.165, 1.54) is 12.0 Å². The van der Waals surface area contributed by atoms with Crippen molar-refractivity contribution in [2.75, 3.05) is 13.1 Å². The average Bonchev–Trinajstić information content (AvgIpc) is 3.00. The highest BCUT2D eigenvalue weighted by atomic mass is 16.5. The van der Waals surface area contributed by atoms with E-state index in [4.69, 9.17) is 9.47 Å². The molecule has 1 fully saturated rings. The van der Waals surface area contributed by atoms with Crippen LogP contribution in [0.1, 0.15) is 55.6 Å². The van der Waals surface area contributed by atoms with Crippen LogP contribution in [0.5, 0.6) is 11.5 Å². The van der Waals surface area contributed by atoms with Gasteiger partial charge in [-0.05, 0) is 55.9 Å². The first-order valence-electron chi connectivity index (χ1n) is 10.6. The normalized spacial score (nSPS) is 22.7. The number of benzene rings is 2. The standard InChI is InChI=1S/C25H31NO3/c1-17-12-18(2)15-26(14-17)24(27)20-10-8-19(9-11-20)16-28-22-7-5-6-21-13-25(3,4)29-23(21)22/h5-11,17-18H,12-16H2,1-4H3/t17-,18+. The van der Waals surface area contributed by atoms with Crippen LogP contribution in [-0.2, 0) is 13.0 Å². The third-order valence-electron chi connectivity index (χ3n) is 5.81. The molecule has 2 aromatic carbocycles. The van der Waals surface area contributed by atoms with Gasteiger partial charge in [-0.2, -0.15) is 0 Å². The number of ether oxygens (including phenoxy) is 2. The Morgan fingerprint density at radius 3 is 2.48 bits per heavy atom. The van der Waals surface area contributed by atoms with Crippen LogP contribution in [0.4, 0.5) is 0 Å². The summed E-state index contributed by atoms with van der Waals surface area (Å²) >= 11 is 0. The van der Waals surface area contributed by atoms with Gasteiger partial charge >= 0.3 is 0 Å². The summed E-state index contributed by atoms with van der Waals surface area (Å²) < 4.78 is 12.1. The zero-order valence-corrected chi connectivity index (χ0v) is 17.9. The number of piperidine rings is 1. The Morgan fingerprint density at radius 2 is 1.79 bits per heavy atom. The lowest BCUT2D eigenvalue weighted by atomic mass is 9.91. The van der Waals surface area contributed by atoms with Crippen molar-refractivity contribution >= 4 is 5.91 Å². The van der Waals surface area contributed by atoms with E-state index >= 15 is 0 Å². The maximum atomic E-state index is 12.8. The molecule has 4 heteroatoms. The molecule has 2 aromatic rings. The first-order chi connectivity index (χ1) is 13.8. The van der Waals surface area contributed by atoms with Crippen molar-refractivity contribution in [2.24, 2.45) is 11.8 Å². The molecule has 0 N–H and O–H groups in total. The minimum atomic E-state index is -0.187. The SMILES string of the molecule is C[C@@H]1C[C@H](C)CN(C(=O)c2ccc(COc3cccc4c3OC(C)(C)C4)cc2)C1. The topological polar surface area (TPSA) is 38.8 Å². The molecule has 2 aliphatic heterocycles. The Hall–Kier alpha value is -2.49. The van der Waals surface area contributed by atoms with Gasteiger partial charge in [0, 0.05) is 30.6 Å². The molecule has 2 heterocycles. The number of nitrogens with zero attached hydrogens (tertiary/aromatic N) is 1. The van der Waals surface area contributed by atoms with E-state index in [1.54, 1.807) is 0 Å². The quantitative estimate of drug-likeness (QED) is 0.726. The molecule has 0 radical (unpaired) electrons. The second-order valence-electron chi connectivity index (χ2n) is 9.42. The summed E-state index contributed by atoms with van der Waals surface area (Å²) in [7, 11) is 0. The highest BCUT2D eigenvalue weighted by Gasteiger charge is 2.32. The molecular weight excluding hydrogens is 362 g/mol. The number of rotatable bonds is 4. The van der Waals surface area contributed by atoms with Crippen molar-refractivity contribution in [1.29, 1.82) is 0 Å². The third kappa shape index (κ3) is 4.42. The van der Waals surface area contributed by atoms with Crippen molar-refractivity contribution in [3.05, 3.63) is 59.2 Å². The van der Waals surface area contributed by atoms with Gasteiger partial charge in [0.2, 0.25) is 0 Å². The van der Waals surface area contributed by atoms with Crippen molar-refractivity contribution < 1.29 is 14.3 Å². The number of hydrogen-bond acceptors (Lipinski definition) is 3. The molecule has 2 aliphatic rings. The van der Waals surface area contributed by atoms with Crippen molar-refractivity contribution in [2.45, 2.75) is 52.7 Å². The maximum absolute atomic E-state index is 12.8. The molecule has 0 spiro atoms. The monoisotopic (exact) mass is 393 g/mol. The number of hydrogen-bond donors (Lipinski definition) is 0. The van der Waals surface area contributed by atoms with Gasteiger partial charge in [-0.15, -0.1) is 0 Å². The van der Waals surface area contributed by atoms with Crippen LogP contribution in [0, 0.1) is 11.8 Å². The molecule has 0 unspecified atom stereocenters. The van der Waals surface area contributed by atoms with Crippen LogP contribution in [0.3, 0.4) is 0 Å². The van der Waals surface area contributed by atoms with Crippen LogP contribution < -0.4 is 9.47 Å². The Bertz CT molecular complexity index is 877. The zero-order chi connectivity index (χ0) is 20.6. The first-order valence-corrected chi connectivity index (χ1v) is 10.6. The Morgan fingerprint density at radius 1 is 1.10 bits per heavy atom. The summed E-state index contributed by atoms with van der Waals surface area (Å²) in [6, 6.07) is 13.9. The molecule has 2 atom stereocenters. The largest absolute Gasteiger partial charge is 0.485 e. The van der Waals surface area contributed by atoms with E-state index < -0.39 is 0 Å². The van der Waals surface area contributed by atoms with Crippen molar-refractivity contribution in [1.82, 2.24) is 4.90 Å². The second-order valence-corrected chi connectivity index (χ2v) is 9.42. The van der Waals surface area contributed by atoms with Gasteiger partial charge in [0.1, 0.15) is 12.2 Å². The minimum Gasteiger partial charge on any atom is -0.485 e. The van der Waals surface area contributed by atoms with Gasteiger partial charge in [-0.3, -0.25) is 4.79 Å². The van der Waals surface area contributed by atoms with Gasteiger partial charge in [0.15, 0.2) is 11.5 Å². The molecule has 0 aromatic heterocycles. The zero-order valence-electron chi connectivity index (χ0n) is 17.9. The number of likely N-dealkylation sites (tertiary alicyclic amines) is 1. The lowest BCUT2D eigenvalue weighted by Crippen LogP contribution is -2.42. The van der Waals surface area contributed by atoms with Crippen LogP contribution >= 0.6 is 0 Å². The van der Waals surface area contributed by atoms with E-state index in [0.717, 1.165) is 42.1 Å². The van der Waals surface area contributed by atoms with Gasteiger partial charge in [0.05, 0.1) is 0 Å². The lowest BCUT2D eigenvalue weighted by Gasteiger charge is -2.35. The molecule has 29 heavy (non-hydrogen) atoms. The fraction of sp³-hybridized carbons (Fsp3) is 0.480. The number of para-hydroxylation sites is 1. The molecule has 0 bridgehead atoms. The third-order valence-corrected chi connectivity index (χ3v) is 5.81. The van der Waals surface area contributed by atoms with E-state index in [0.29, 0.717) is 18.4 Å².